The quantitative estimate of drug-likeness (QED) is 0.552. The van der Waals surface area contributed by atoms with Gasteiger partial charge in [-0.1, -0.05) is 6.92 Å². The molecule has 0 unspecified atom stereocenters. The standard InChI is InChI=1S/C13H22N4O2/c1-4-10-16-11(14-3)9-12(17-10)15-8-6-7-13(18)19-5-2/h9H,4-8H2,1-3H3,(H2,14,15,16,17). The van der Waals surface area contributed by atoms with Crippen LogP contribution in [-0.2, 0) is 16.0 Å². The van der Waals surface area contributed by atoms with Crippen LogP contribution in [0.3, 0.4) is 0 Å². The molecule has 1 aromatic rings. The molecule has 19 heavy (non-hydrogen) atoms. The number of aromatic nitrogens is 2. The van der Waals surface area contributed by atoms with Crippen LogP contribution in [0.4, 0.5) is 11.6 Å². The van der Waals surface area contributed by atoms with E-state index in [1.165, 1.54) is 0 Å². The van der Waals surface area contributed by atoms with Crippen molar-refractivity contribution >= 4 is 17.6 Å². The van der Waals surface area contributed by atoms with Gasteiger partial charge in [0.15, 0.2) is 0 Å². The molecule has 106 valence electrons. The summed E-state index contributed by atoms with van der Waals surface area (Å²) in [6.07, 6.45) is 1.93. The minimum atomic E-state index is -0.155. The third-order valence-corrected chi connectivity index (χ3v) is 2.51. The van der Waals surface area contributed by atoms with Crippen molar-refractivity contribution in [2.24, 2.45) is 0 Å². The SMILES string of the molecule is CCOC(=O)CCCNc1cc(NC)nc(CC)n1. The summed E-state index contributed by atoms with van der Waals surface area (Å²) in [4.78, 5) is 19.9. The van der Waals surface area contributed by atoms with Crippen molar-refractivity contribution in [3.63, 3.8) is 0 Å². The Morgan fingerprint density at radius 2 is 2.05 bits per heavy atom. The Labute approximate surface area is 114 Å². The minimum absolute atomic E-state index is 0.155. The molecular formula is C13H22N4O2. The summed E-state index contributed by atoms with van der Waals surface area (Å²) < 4.78 is 4.86. The van der Waals surface area contributed by atoms with E-state index in [1.54, 1.807) is 0 Å². The highest BCUT2D eigenvalue weighted by atomic mass is 16.5. The van der Waals surface area contributed by atoms with E-state index in [0.29, 0.717) is 19.6 Å². The maximum absolute atomic E-state index is 11.2. The van der Waals surface area contributed by atoms with Crippen molar-refractivity contribution in [1.82, 2.24) is 9.97 Å². The van der Waals surface area contributed by atoms with Crippen molar-refractivity contribution < 1.29 is 9.53 Å². The molecule has 2 N–H and O–H groups in total. The first-order valence-electron chi connectivity index (χ1n) is 6.64. The maximum Gasteiger partial charge on any atom is 0.305 e. The number of carbonyl (C=O) groups is 1. The molecule has 0 saturated heterocycles. The monoisotopic (exact) mass is 266 g/mol. The molecule has 0 fully saturated rings. The van der Waals surface area contributed by atoms with Crippen LogP contribution in [0, 0.1) is 0 Å². The molecule has 0 aromatic carbocycles. The third kappa shape index (κ3) is 5.54. The third-order valence-electron chi connectivity index (χ3n) is 2.51. The summed E-state index contributed by atoms with van der Waals surface area (Å²) in [5.41, 5.74) is 0. The molecule has 0 spiro atoms. The van der Waals surface area contributed by atoms with Gasteiger partial charge in [0, 0.05) is 32.5 Å². The van der Waals surface area contributed by atoms with Gasteiger partial charge in [-0.2, -0.15) is 0 Å². The molecule has 0 amide bonds. The molecule has 0 atom stereocenters. The van der Waals surface area contributed by atoms with Crippen LogP contribution >= 0.6 is 0 Å². The first-order chi connectivity index (χ1) is 9.19. The van der Waals surface area contributed by atoms with Gasteiger partial charge in [-0.05, 0) is 13.3 Å². The maximum atomic E-state index is 11.2. The number of anilines is 2. The zero-order chi connectivity index (χ0) is 14.1. The Morgan fingerprint density at radius 3 is 2.68 bits per heavy atom. The van der Waals surface area contributed by atoms with Crippen LogP contribution in [0.2, 0.25) is 0 Å². The van der Waals surface area contributed by atoms with Crippen LogP contribution in [0.5, 0.6) is 0 Å². The van der Waals surface area contributed by atoms with E-state index >= 15 is 0 Å². The first kappa shape index (κ1) is 15.2. The molecule has 0 aliphatic carbocycles. The predicted octanol–water partition coefficient (Wildman–Crippen LogP) is 1.84. The second-order valence-electron chi connectivity index (χ2n) is 3.99. The number of aryl methyl sites for hydroxylation is 1. The van der Waals surface area contributed by atoms with E-state index in [4.69, 9.17) is 4.74 Å². The molecular weight excluding hydrogens is 244 g/mol. The van der Waals surface area contributed by atoms with Crippen molar-refractivity contribution in [2.75, 3.05) is 30.8 Å². The molecule has 0 bridgehead atoms. The van der Waals surface area contributed by atoms with E-state index in [1.807, 2.05) is 27.0 Å². The van der Waals surface area contributed by atoms with Crippen LogP contribution in [-0.4, -0.2) is 36.1 Å². The highest BCUT2D eigenvalue weighted by Crippen LogP contribution is 2.11. The molecule has 6 nitrogen and oxygen atoms in total. The molecule has 1 heterocycles. The molecule has 0 saturated carbocycles. The molecule has 0 radical (unpaired) electrons. The Hall–Kier alpha value is -1.85. The first-order valence-corrected chi connectivity index (χ1v) is 6.64. The highest BCUT2D eigenvalue weighted by Gasteiger charge is 2.03. The number of rotatable bonds is 8. The lowest BCUT2D eigenvalue weighted by atomic mass is 10.3. The van der Waals surface area contributed by atoms with Gasteiger partial charge in [0.05, 0.1) is 6.61 Å². The van der Waals surface area contributed by atoms with Gasteiger partial charge in [-0.25, -0.2) is 9.97 Å². The Balaban J connectivity index is 2.42. The minimum Gasteiger partial charge on any atom is -0.466 e. The van der Waals surface area contributed by atoms with Gasteiger partial charge in [-0.3, -0.25) is 4.79 Å². The van der Waals surface area contributed by atoms with Gasteiger partial charge < -0.3 is 15.4 Å². The summed E-state index contributed by atoms with van der Waals surface area (Å²) in [5, 5.41) is 6.19. The fourth-order valence-corrected chi connectivity index (χ4v) is 1.56. The fourth-order valence-electron chi connectivity index (χ4n) is 1.56. The average molecular weight is 266 g/mol. The number of carbonyl (C=O) groups excluding carboxylic acids is 1. The number of nitrogens with one attached hydrogen (secondary N) is 2. The smallest absolute Gasteiger partial charge is 0.305 e. The van der Waals surface area contributed by atoms with Crippen LogP contribution < -0.4 is 10.6 Å². The Kier molecular flexibility index (Phi) is 6.63. The fraction of sp³-hybridized carbons (Fsp3) is 0.615. The Morgan fingerprint density at radius 1 is 1.32 bits per heavy atom. The number of hydrogen-bond donors (Lipinski definition) is 2. The van der Waals surface area contributed by atoms with Crippen molar-refractivity contribution in [3.8, 4) is 0 Å². The second kappa shape index (κ2) is 8.29. The summed E-state index contributed by atoms with van der Waals surface area (Å²) in [6.45, 7) is 4.94. The van der Waals surface area contributed by atoms with E-state index in [2.05, 4.69) is 20.6 Å². The van der Waals surface area contributed by atoms with Crippen LogP contribution in [0.15, 0.2) is 6.07 Å². The number of nitrogens with zero attached hydrogens (tertiary/aromatic N) is 2. The summed E-state index contributed by atoms with van der Waals surface area (Å²) in [6, 6.07) is 1.85. The predicted molar refractivity (Wildman–Crippen MR) is 75.3 cm³/mol. The molecule has 0 aliphatic rings. The molecule has 0 aliphatic heterocycles. The van der Waals surface area contributed by atoms with Gasteiger partial charge in [0.2, 0.25) is 0 Å². The lowest BCUT2D eigenvalue weighted by Crippen LogP contribution is -2.10. The van der Waals surface area contributed by atoms with Gasteiger partial charge in [0.25, 0.3) is 0 Å². The van der Waals surface area contributed by atoms with E-state index in [-0.39, 0.29) is 5.97 Å². The van der Waals surface area contributed by atoms with Gasteiger partial charge in [-0.15, -0.1) is 0 Å². The zero-order valence-electron chi connectivity index (χ0n) is 11.8. The lowest BCUT2D eigenvalue weighted by molar-refractivity contribution is -0.143. The van der Waals surface area contributed by atoms with E-state index in [0.717, 1.165) is 30.3 Å². The molecule has 1 rings (SSSR count). The van der Waals surface area contributed by atoms with Crippen molar-refractivity contribution in [1.29, 1.82) is 0 Å². The van der Waals surface area contributed by atoms with Crippen LogP contribution in [0.1, 0.15) is 32.5 Å². The average Bonchev–Trinajstić information content (AvgIpc) is 2.43. The van der Waals surface area contributed by atoms with E-state index in [9.17, 15) is 4.79 Å². The number of hydrogen-bond acceptors (Lipinski definition) is 6. The molecule has 1 aromatic heterocycles. The molecule has 6 heteroatoms. The normalized spacial score (nSPS) is 10.1. The van der Waals surface area contributed by atoms with Crippen molar-refractivity contribution in [3.05, 3.63) is 11.9 Å². The lowest BCUT2D eigenvalue weighted by Gasteiger charge is -2.09. The summed E-state index contributed by atoms with van der Waals surface area (Å²) >= 11 is 0. The topological polar surface area (TPSA) is 76.1 Å². The summed E-state index contributed by atoms with van der Waals surface area (Å²) in [7, 11) is 1.83. The van der Waals surface area contributed by atoms with Gasteiger partial charge in [0.1, 0.15) is 17.5 Å². The van der Waals surface area contributed by atoms with Gasteiger partial charge >= 0.3 is 5.97 Å². The summed E-state index contributed by atoms with van der Waals surface area (Å²) in [5.74, 6) is 2.21. The number of ether oxygens (including phenoxy) is 1. The zero-order valence-corrected chi connectivity index (χ0v) is 11.8. The second-order valence-corrected chi connectivity index (χ2v) is 3.99. The Bertz CT molecular complexity index is 387. The highest BCUT2D eigenvalue weighted by molar-refractivity contribution is 5.69. The van der Waals surface area contributed by atoms with E-state index < -0.39 is 0 Å². The van der Waals surface area contributed by atoms with Crippen LogP contribution in [0.25, 0.3) is 0 Å². The largest absolute Gasteiger partial charge is 0.466 e. The number of esters is 1. The van der Waals surface area contributed by atoms with Crippen molar-refractivity contribution in [2.45, 2.75) is 33.1 Å².